The largest absolute Gasteiger partial charge is 0.402 e. The molecular weight excluding hydrogens is 494 g/mol. The van der Waals surface area contributed by atoms with Crippen molar-refractivity contribution in [2.24, 2.45) is 4.99 Å². The van der Waals surface area contributed by atoms with Crippen molar-refractivity contribution in [3.63, 3.8) is 0 Å². The lowest BCUT2D eigenvalue weighted by atomic mass is 9.96. The summed E-state index contributed by atoms with van der Waals surface area (Å²) in [5.74, 6) is 0.0559. The average molecular weight is 520 g/mol. The standard InChI is InChI=1S/C29H25N7O3/c1-18-17-36(11-12-38-18)23-13-19(15-30)16-31-26(23)28-34-35-29(39-28)33-27-24(37)14-21-9-5-6-10-22(21)25(32-27)20-7-3-2-4-8-20/h2-10,13,16,18,27H,11-12,14,17H2,1H3,(H,33,35)/t18-,27+/m0/s1. The maximum Gasteiger partial charge on any atom is 0.317 e. The molecule has 1 N–H and O–H groups in total. The van der Waals surface area contributed by atoms with Gasteiger partial charge in [-0.2, -0.15) is 5.26 Å². The summed E-state index contributed by atoms with van der Waals surface area (Å²) in [4.78, 5) is 24.7. The number of nitrogens with one attached hydrogen (secondary N) is 1. The Kier molecular flexibility index (Phi) is 6.57. The van der Waals surface area contributed by atoms with Gasteiger partial charge in [-0.25, -0.2) is 4.98 Å². The Morgan fingerprint density at radius 2 is 1.92 bits per heavy atom. The van der Waals surface area contributed by atoms with E-state index in [1.165, 1.54) is 6.20 Å². The maximum atomic E-state index is 13.3. The van der Waals surface area contributed by atoms with Crippen LogP contribution < -0.4 is 10.2 Å². The maximum absolute atomic E-state index is 13.3. The fourth-order valence-electron chi connectivity index (χ4n) is 4.85. The van der Waals surface area contributed by atoms with E-state index < -0.39 is 6.17 Å². The van der Waals surface area contributed by atoms with Gasteiger partial charge in [0.25, 0.3) is 5.89 Å². The van der Waals surface area contributed by atoms with Crippen LogP contribution in [0.4, 0.5) is 11.7 Å². The van der Waals surface area contributed by atoms with Crippen LogP contribution in [0.2, 0.25) is 0 Å². The molecule has 0 spiro atoms. The summed E-state index contributed by atoms with van der Waals surface area (Å²) >= 11 is 0. The fourth-order valence-corrected chi connectivity index (χ4v) is 4.85. The molecule has 0 unspecified atom stereocenters. The summed E-state index contributed by atoms with van der Waals surface area (Å²) in [6.45, 7) is 3.83. The minimum atomic E-state index is -0.922. The number of morpholine rings is 1. The number of carbonyl (C=O) groups excluding carboxylic acids is 1. The molecule has 2 aromatic carbocycles. The third-order valence-electron chi connectivity index (χ3n) is 6.71. The molecule has 4 heterocycles. The zero-order valence-electron chi connectivity index (χ0n) is 21.2. The minimum Gasteiger partial charge on any atom is -0.402 e. The van der Waals surface area contributed by atoms with Gasteiger partial charge in [-0.05, 0) is 18.6 Å². The van der Waals surface area contributed by atoms with Crippen molar-refractivity contribution in [1.29, 1.82) is 5.26 Å². The Labute approximate surface area is 225 Å². The molecule has 2 aromatic heterocycles. The van der Waals surface area contributed by atoms with E-state index in [4.69, 9.17) is 14.1 Å². The highest BCUT2D eigenvalue weighted by Gasteiger charge is 2.28. The zero-order valence-corrected chi connectivity index (χ0v) is 21.2. The lowest BCUT2D eigenvalue weighted by Crippen LogP contribution is -2.41. The molecule has 1 saturated heterocycles. The van der Waals surface area contributed by atoms with E-state index >= 15 is 0 Å². The summed E-state index contributed by atoms with van der Waals surface area (Å²) in [5, 5.41) is 20.8. The Bertz CT molecular complexity index is 1590. The second-order valence-electron chi connectivity index (χ2n) is 9.43. The Morgan fingerprint density at radius 3 is 2.74 bits per heavy atom. The number of carbonyl (C=O) groups is 1. The SMILES string of the molecule is C[C@H]1CN(c2cc(C#N)cnc2-c2nnc(N[C@H]3N=C(c4ccccc4)c4ccccc4CC3=O)o2)CCO1. The van der Waals surface area contributed by atoms with Crippen LogP contribution in [0.1, 0.15) is 29.2 Å². The van der Waals surface area contributed by atoms with Crippen molar-refractivity contribution in [2.45, 2.75) is 25.6 Å². The minimum absolute atomic E-state index is 0.0271. The van der Waals surface area contributed by atoms with Crippen LogP contribution in [0.15, 0.2) is 76.3 Å². The highest BCUT2D eigenvalue weighted by molar-refractivity contribution is 6.16. The summed E-state index contributed by atoms with van der Waals surface area (Å²) in [6.07, 6.45) is 0.793. The first-order valence-corrected chi connectivity index (χ1v) is 12.7. The molecular formula is C29H25N7O3. The first-order valence-electron chi connectivity index (χ1n) is 12.7. The number of ether oxygens (including phenoxy) is 1. The first kappa shape index (κ1) is 24.5. The van der Waals surface area contributed by atoms with Gasteiger partial charge in [-0.15, -0.1) is 5.10 Å². The lowest BCUT2D eigenvalue weighted by Gasteiger charge is -2.33. The van der Waals surface area contributed by atoms with Gasteiger partial charge in [-0.1, -0.05) is 59.7 Å². The van der Waals surface area contributed by atoms with Crippen LogP contribution >= 0.6 is 0 Å². The number of Topliss-reactive ketones (excluding diaryl/α,β-unsaturated/α-hetero) is 1. The van der Waals surface area contributed by atoms with Crippen molar-refractivity contribution < 1.29 is 13.9 Å². The van der Waals surface area contributed by atoms with Crippen LogP contribution in [0, 0.1) is 11.3 Å². The number of hydrogen-bond acceptors (Lipinski definition) is 10. The van der Waals surface area contributed by atoms with Gasteiger partial charge >= 0.3 is 6.01 Å². The van der Waals surface area contributed by atoms with E-state index in [2.05, 4.69) is 31.5 Å². The van der Waals surface area contributed by atoms with Gasteiger partial charge in [0.05, 0.1) is 29.7 Å². The fraction of sp³-hybridized carbons (Fsp3) is 0.241. The number of ketones is 1. The van der Waals surface area contributed by atoms with E-state index in [1.807, 2.05) is 61.5 Å². The highest BCUT2D eigenvalue weighted by atomic mass is 16.5. The molecule has 10 heteroatoms. The van der Waals surface area contributed by atoms with Crippen LogP contribution in [0.5, 0.6) is 0 Å². The average Bonchev–Trinajstić information content (AvgIpc) is 3.38. The predicted molar refractivity (Wildman–Crippen MR) is 145 cm³/mol. The number of aromatic nitrogens is 3. The molecule has 2 aliphatic heterocycles. The lowest BCUT2D eigenvalue weighted by molar-refractivity contribution is -0.119. The number of nitriles is 1. The molecule has 39 heavy (non-hydrogen) atoms. The number of benzene rings is 2. The van der Waals surface area contributed by atoms with Crippen LogP contribution in [-0.4, -0.2) is 58.6 Å². The van der Waals surface area contributed by atoms with Gasteiger partial charge in [0.15, 0.2) is 17.6 Å². The van der Waals surface area contributed by atoms with Crippen molar-refractivity contribution in [2.75, 3.05) is 29.9 Å². The number of nitrogens with zero attached hydrogens (tertiary/aromatic N) is 6. The third-order valence-corrected chi connectivity index (χ3v) is 6.71. The molecule has 2 atom stereocenters. The van der Waals surface area contributed by atoms with Crippen molar-refractivity contribution >= 4 is 23.2 Å². The van der Waals surface area contributed by atoms with Gasteiger partial charge in [0.1, 0.15) is 6.07 Å². The molecule has 0 radical (unpaired) electrons. The smallest absolute Gasteiger partial charge is 0.317 e. The predicted octanol–water partition coefficient (Wildman–Crippen LogP) is 3.63. The van der Waals surface area contributed by atoms with Gasteiger partial charge < -0.3 is 19.4 Å². The molecule has 1 fully saturated rings. The third kappa shape index (κ3) is 5.00. The molecule has 0 saturated carbocycles. The van der Waals surface area contributed by atoms with Crippen molar-refractivity contribution in [3.05, 3.63) is 89.1 Å². The van der Waals surface area contributed by atoms with Gasteiger partial charge in [0, 0.05) is 36.8 Å². The number of hydrogen-bond donors (Lipinski definition) is 1. The Morgan fingerprint density at radius 1 is 1.10 bits per heavy atom. The molecule has 194 valence electrons. The molecule has 10 nitrogen and oxygen atoms in total. The van der Waals surface area contributed by atoms with Crippen LogP contribution in [0.25, 0.3) is 11.6 Å². The normalized spacial score (nSPS) is 19.0. The summed E-state index contributed by atoms with van der Waals surface area (Å²) in [6, 6.07) is 21.5. The molecule has 0 amide bonds. The molecule has 6 rings (SSSR count). The number of aliphatic imine (C=N–C) groups is 1. The van der Waals surface area contributed by atoms with Crippen LogP contribution in [-0.2, 0) is 16.0 Å². The number of anilines is 2. The Balaban J connectivity index is 1.33. The molecule has 4 aromatic rings. The van der Waals surface area contributed by atoms with Crippen LogP contribution in [0.3, 0.4) is 0 Å². The van der Waals surface area contributed by atoms with Gasteiger partial charge in [-0.3, -0.25) is 9.79 Å². The van der Waals surface area contributed by atoms with Gasteiger partial charge in [0.2, 0.25) is 0 Å². The van der Waals surface area contributed by atoms with E-state index in [0.717, 1.165) is 16.7 Å². The Hall–Kier alpha value is -4.88. The summed E-state index contributed by atoms with van der Waals surface area (Å²) in [5.41, 5.74) is 5.04. The second-order valence-corrected chi connectivity index (χ2v) is 9.43. The zero-order chi connectivity index (χ0) is 26.8. The monoisotopic (exact) mass is 519 g/mol. The number of fused-ring (bicyclic) bond motifs is 1. The quantitative estimate of drug-likeness (QED) is 0.420. The van der Waals surface area contributed by atoms with E-state index in [9.17, 15) is 10.1 Å². The van der Waals surface area contributed by atoms with E-state index in [1.54, 1.807) is 6.07 Å². The molecule has 2 aliphatic rings. The van der Waals surface area contributed by atoms with Crippen molar-refractivity contribution in [3.8, 4) is 17.7 Å². The number of rotatable bonds is 5. The molecule has 0 bridgehead atoms. The second kappa shape index (κ2) is 10.5. The van der Waals surface area contributed by atoms with E-state index in [0.29, 0.717) is 42.4 Å². The van der Waals surface area contributed by atoms with E-state index in [-0.39, 0.29) is 30.2 Å². The number of pyridine rings is 1. The molecule has 0 aliphatic carbocycles. The highest BCUT2D eigenvalue weighted by Crippen LogP contribution is 2.31. The first-order chi connectivity index (χ1) is 19.1. The van der Waals surface area contributed by atoms with Crippen molar-refractivity contribution in [1.82, 2.24) is 15.2 Å². The summed E-state index contributed by atoms with van der Waals surface area (Å²) in [7, 11) is 0. The topological polar surface area (TPSA) is 130 Å². The summed E-state index contributed by atoms with van der Waals surface area (Å²) < 4.78 is 11.6.